The summed E-state index contributed by atoms with van der Waals surface area (Å²) in [5.41, 5.74) is 5.16. The van der Waals surface area contributed by atoms with Gasteiger partial charge in [-0.25, -0.2) is 0 Å². The van der Waals surface area contributed by atoms with Crippen LogP contribution in [0.2, 0.25) is 0 Å². The van der Waals surface area contributed by atoms with Gasteiger partial charge in [0.15, 0.2) is 5.78 Å². The highest BCUT2D eigenvalue weighted by atomic mass is 16.5. The van der Waals surface area contributed by atoms with Crippen LogP contribution in [0.3, 0.4) is 0 Å². The van der Waals surface area contributed by atoms with Crippen molar-refractivity contribution in [3.05, 3.63) is 113 Å². The number of hydrogen-bond acceptors (Lipinski definition) is 4. The summed E-state index contributed by atoms with van der Waals surface area (Å²) in [5, 5.41) is 8.67. The minimum absolute atomic E-state index is 0.138. The van der Waals surface area contributed by atoms with Crippen LogP contribution in [-0.4, -0.2) is 20.8 Å². The van der Waals surface area contributed by atoms with Crippen LogP contribution in [-0.2, 0) is 6.61 Å². The van der Waals surface area contributed by atoms with E-state index in [0.717, 1.165) is 22.4 Å². The molecule has 0 fully saturated rings. The predicted molar refractivity (Wildman–Crippen MR) is 121 cm³/mol. The van der Waals surface area contributed by atoms with Crippen LogP contribution in [0.1, 0.15) is 32.7 Å². The van der Waals surface area contributed by atoms with Gasteiger partial charge >= 0.3 is 0 Å². The van der Waals surface area contributed by atoms with Gasteiger partial charge < -0.3 is 4.74 Å². The smallest absolute Gasteiger partial charge is 0.189 e. The second-order valence-corrected chi connectivity index (χ2v) is 7.30. The zero-order valence-electron chi connectivity index (χ0n) is 17.5. The van der Waals surface area contributed by atoms with E-state index in [1.165, 1.54) is 10.9 Å². The van der Waals surface area contributed by atoms with Crippen LogP contribution in [0.25, 0.3) is 11.8 Å². The number of rotatable bonds is 7. The van der Waals surface area contributed by atoms with Gasteiger partial charge in [0.1, 0.15) is 18.1 Å². The minimum atomic E-state index is -0.138. The third-order valence-electron chi connectivity index (χ3n) is 5.00. The van der Waals surface area contributed by atoms with Gasteiger partial charge in [0, 0.05) is 0 Å². The molecule has 0 aliphatic heterocycles. The Kier molecular flexibility index (Phi) is 6.03. The van der Waals surface area contributed by atoms with Crippen molar-refractivity contribution in [2.45, 2.75) is 20.5 Å². The molecule has 0 radical (unpaired) electrons. The van der Waals surface area contributed by atoms with Gasteiger partial charge in [-0.15, -0.1) is 5.10 Å². The van der Waals surface area contributed by atoms with E-state index in [0.29, 0.717) is 23.6 Å². The second-order valence-electron chi connectivity index (χ2n) is 7.30. The molecule has 0 saturated heterocycles. The monoisotopic (exact) mass is 409 g/mol. The Morgan fingerprint density at radius 3 is 2.39 bits per heavy atom. The molecule has 0 aliphatic carbocycles. The molecule has 3 aromatic carbocycles. The molecule has 154 valence electrons. The normalized spacial score (nSPS) is 11.0. The van der Waals surface area contributed by atoms with Crippen molar-refractivity contribution in [2.24, 2.45) is 0 Å². The second kappa shape index (κ2) is 9.22. The molecule has 4 rings (SSSR count). The fourth-order valence-corrected chi connectivity index (χ4v) is 3.12. The Bertz CT molecular complexity index is 1210. The average molecular weight is 409 g/mol. The van der Waals surface area contributed by atoms with E-state index >= 15 is 0 Å². The fourth-order valence-electron chi connectivity index (χ4n) is 3.12. The summed E-state index contributed by atoms with van der Waals surface area (Å²) in [6.45, 7) is 4.40. The minimum Gasteiger partial charge on any atom is -0.488 e. The molecular weight excluding hydrogens is 386 g/mol. The first-order chi connectivity index (χ1) is 15.1. The number of allylic oxidation sites excluding steroid dienone is 1. The van der Waals surface area contributed by atoms with E-state index in [9.17, 15) is 4.79 Å². The molecule has 0 saturated carbocycles. The lowest BCUT2D eigenvalue weighted by Gasteiger charge is -2.13. The quantitative estimate of drug-likeness (QED) is 0.305. The van der Waals surface area contributed by atoms with Gasteiger partial charge in [-0.05, 0) is 67.0 Å². The van der Waals surface area contributed by atoms with Crippen LogP contribution >= 0.6 is 0 Å². The molecule has 0 bridgehead atoms. The molecule has 31 heavy (non-hydrogen) atoms. The fraction of sp³-hybridized carbons (Fsp3) is 0.115. The summed E-state index contributed by atoms with van der Waals surface area (Å²) < 4.78 is 6.01. The van der Waals surface area contributed by atoms with Gasteiger partial charge in [-0.2, -0.15) is 9.90 Å². The Labute approximate surface area is 181 Å². The van der Waals surface area contributed by atoms with Crippen molar-refractivity contribution < 1.29 is 9.53 Å². The molecule has 5 nitrogen and oxygen atoms in total. The predicted octanol–water partition coefficient (Wildman–Crippen LogP) is 5.36. The number of aromatic nitrogens is 3. The van der Waals surface area contributed by atoms with Crippen LogP contribution in [0.15, 0.2) is 85.1 Å². The number of ether oxygens (including phenoxy) is 1. The first-order valence-corrected chi connectivity index (χ1v) is 10.1. The molecule has 0 aliphatic rings. The highest BCUT2D eigenvalue weighted by molar-refractivity contribution is 6.08. The summed E-state index contributed by atoms with van der Waals surface area (Å²) in [5.74, 6) is 0.440. The standard InChI is InChI=1S/C26H23N3O2/c1-19-15-24(26(16-20(19)2)31-18-21-9-5-3-6-10-21)25(30)14-13-22-17-27-29(28-22)23-11-7-4-8-12-23/h3-17H,18H2,1-2H3/b14-13+. The maximum Gasteiger partial charge on any atom is 0.189 e. The number of benzene rings is 3. The van der Waals surface area contributed by atoms with Crippen molar-refractivity contribution in [1.82, 2.24) is 15.0 Å². The Balaban J connectivity index is 1.53. The topological polar surface area (TPSA) is 57.0 Å². The lowest BCUT2D eigenvalue weighted by molar-refractivity contribution is 0.104. The number of hydrogen-bond donors (Lipinski definition) is 0. The molecule has 0 amide bonds. The lowest BCUT2D eigenvalue weighted by Crippen LogP contribution is -2.04. The first-order valence-electron chi connectivity index (χ1n) is 10.1. The number of carbonyl (C=O) groups is 1. The Hall–Kier alpha value is -3.99. The maximum atomic E-state index is 13.0. The summed E-state index contributed by atoms with van der Waals surface area (Å²) in [6.07, 6.45) is 4.81. The highest BCUT2D eigenvalue weighted by Gasteiger charge is 2.13. The van der Waals surface area contributed by atoms with Crippen LogP contribution in [0.5, 0.6) is 5.75 Å². The van der Waals surface area contributed by atoms with Crippen molar-refractivity contribution in [3.63, 3.8) is 0 Å². The summed E-state index contributed by atoms with van der Waals surface area (Å²) in [6, 6.07) is 23.3. The highest BCUT2D eigenvalue weighted by Crippen LogP contribution is 2.25. The van der Waals surface area contributed by atoms with Crippen molar-refractivity contribution in [3.8, 4) is 11.4 Å². The van der Waals surface area contributed by atoms with E-state index in [1.807, 2.05) is 86.6 Å². The zero-order chi connectivity index (χ0) is 21.6. The molecule has 1 heterocycles. The summed E-state index contributed by atoms with van der Waals surface area (Å²) >= 11 is 0. The van der Waals surface area contributed by atoms with Gasteiger partial charge in [-0.1, -0.05) is 48.5 Å². The van der Waals surface area contributed by atoms with E-state index in [1.54, 1.807) is 12.3 Å². The van der Waals surface area contributed by atoms with Crippen molar-refractivity contribution in [1.29, 1.82) is 0 Å². The van der Waals surface area contributed by atoms with E-state index in [4.69, 9.17) is 4.74 Å². The van der Waals surface area contributed by atoms with Gasteiger partial charge in [-0.3, -0.25) is 4.79 Å². The van der Waals surface area contributed by atoms with Gasteiger partial charge in [0.05, 0.1) is 17.4 Å². The third kappa shape index (κ3) is 4.95. The third-order valence-corrected chi connectivity index (χ3v) is 5.00. The SMILES string of the molecule is Cc1cc(OCc2ccccc2)c(C(=O)/C=C/c2cnn(-c3ccccc3)n2)cc1C. The summed E-state index contributed by atoms with van der Waals surface area (Å²) in [4.78, 5) is 14.5. The van der Waals surface area contributed by atoms with E-state index in [2.05, 4.69) is 10.2 Å². The maximum absolute atomic E-state index is 13.0. The summed E-state index contributed by atoms with van der Waals surface area (Å²) in [7, 11) is 0. The number of nitrogens with zero attached hydrogens (tertiary/aromatic N) is 3. The molecule has 0 atom stereocenters. The lowest BCUT2D eigenvalue weighted by atomic mass is 10.0. The van der Waals surface area contributed by atoms with Crippen LogP contribution in [0, 0.1) is 13.8 Å². The van der Waals surface area contributed by atoms with Crippen LogP contribution < -0.4 is 4.74 Å². The van der Waals surface area contributed by atoms with Gasteiger partial charge in [0.25, 0.3) is 0 Å². The molecule has 4 aromatic rings. The number of ketones is 1. The van der Waals surface area contributed by atoms with Crippen LogP contribution in [0.4, 0.5) is 0 Å². The molecule has 0 N–H and O–H groups in total. The number of aryl methyl sites for hydroxylation is 2. The van der Waals surface area contributed by atoms with E-state index in [-0.39, 0.29) is 5.78 Å². The van der Waals surface area contributed by atoms with Gasteiger partial charge in [0.2, 0.25) is 0 Å². The Morgan fingerprint density at radius 2 is 1.65 bits per heavy atom. The molecule has 5 heteroatoms. The number of para-hydroxylation sites is 1. The largest absolute Gasteiger partial charge is 0.488 e. The first kappa shape index (κ1) is 20.3. The average Bonchev–Trinajstić information content (AvgIpc) is 3.28. The van der Waals surface area contributed by atoms with E-state index < -0.39 is 0 Å². The molecule has 0 spiro atoms. The van der Waals surface area contributed by atoms with Crippen molar-refractivity contribution in [2.75, 3.05) is 0 Å². The zero-order valence-corrected chi connectivity index (χ0v) is 17.5. The molecular formula is C26H23N3O2. The molecule has 1 aromatic heterocycles. The molecule has 0 unspecified atom stereocenters. The number of carbonyl (C=O) groups excluding carboxylic acids is 1. The van der Waals surface area contributed by atoms with Crippen molar-refractivity contribution >= 4 is 11.9 Å². The Morgan fingerprint density at radius 1 is 0.968 bits per heavy atom.